The first-order valence-electron chi connectivity index (χ1n) is 9.47. The molecule has 4 rings (SSSR count). The molecule has 9 heteroatoms. The van der Waals surface area contributed by atoms with Crippen LogP contribution in [0.2, 0.25) is 0 Å². The second-order valence-corrected chi connectivity index (χ2v) is 8.32. The third kappa shape index (κ3) is 4.41. The standard InChI is InChI=1S/C22H19N5O3S/c1-13-4-6-18(7-5-13)31-19-10-16(9-17(11-19)27(29)30)25-22(28)20-12-23-26-15(3)8-14(2)24-21(20)26/h4-12H,1-3H3,(H,25,28). The summed E-state index contributed by atoms with van der Waals surface area (Å²) in [6.45, 7) is 5.72. The predicted octanol–water partition coefficient (Wildman–Crippen LogP) is 4.97. The molecule has 4 aromatic rings. The van der Waals surface area contributed by atoms with Gasteiger partial charge in [0, 0.05) is 39.0 Å². The van der Waals surface area contributed by atoms with Crippen LogP contribution in [0, 0.1) is 30.9 Å². The number of nitro groups is 1. The van der Waals surface area contributed by atoms with E-state index < -0.39 is 10.8 Å². The molecule has 2 aromatic carbocycles. The largest absolute Gasteiger partial charge is 0.322 e. The summed E-state index contributed by atoms with van der Waals surface area (Å²) in [5.74, 6) is -0.431. The summed E-state index contributed by atoms with van der Waals surface area (Å²) < 4.78 is 1.59. The first-order chi connectivity index (χ1) is 14.8. The fraction of sp³-hybridized carbons (Fsp3) is 0.136. The van der Waals surface area contributed by atoms with Gasteiger partial charge in [-0.1, -0.05) is 29.5 Å². The van der Waals surface area contributed by atoms with Crippen LogP contribution < -0.4 is 5.32 Å². The van der Waals surface area contributed by atoms with E-state index in [-0.39, 0.29) is 5.69 Å². The zero-order valence-electron chi connectivity index (χ0n) is 17.1. The fourth-order valence-electron chi connectivity index (χ4n) is 3.19. The van der Waals surface area contributed by atoms with Gasteiger partial charge in [0.25, 0.3) is 11.6 Å². The highest BCUT2D eigenvalue weighted by molar-refractivity contribution is 7.99. The summed E-state index contributed by atoms with van der Waals surface area (Å²) in [4.78, 5) is 29.9. The number of anilines is 1. The minimum atomic E-state index is -0.474. The van der Waals surface area contributed by atoms with Gasteiger partial charge in [-0.15, -0.1) is 0 Å². The maximum absolute atomic E-state index is 12.9. The number of non-ortho nitro benzene ring substituents is 1. The first kappa shape index (κ1) is 20.5. The molecule has 1 amide bonds. The number of rotatable bonds is 5. The molecule has 8 nitrogen and oxygen atoms in total. The van der Waals surface area contributed by atoms with Crippen LogP contribution in [0.1, 0.15) is 27.3 Å². The van der Waals surface area contributed by atoms with Crippen molar-refractivity contribution in [3.8, 4) is 0 Å². The Labute approximate surface area is 182 Å². The van der Waals surface area contributed by atoms with E-state index in [2.05, 4.69) is 15.4 Å². The Kier molecular flexibility index (Phi) is 5.43. The number of nitrogens with one attached hydrogen (secondary N) is 1. The first-order valence-corrected chi connectivity index (χ1v) is 10.3. The summed E-state index contributed by atoms with van der Waals surface area (Å²) in [7, 11) is 0. The van der Waals surface area contributed by atoms with Crippen molar-refractivity contribution in [2.75, 3.05) is 5.32 Å². The minimum absolute atomic E-state index is 0.0999. The SMILES string of the molecule is Cc1ccc(Sc2cc(NC(=O)c3cnn4c(C)cc(C)nc34)cc([N+](=O)[O-])c2)cc1. The molecular formula is C22H19N5O3S. The van der Waals surface area contributed by atoms with Crippen LogP contribution in [0.5, 0.6) is 0 Å². The quantitative estimate of drug-likeness (QED) is 0.352. The molecule has 0 fully saturated rings. The molecule has 2 aromatic heterocycles. The smallest absolute Gasteiger partial charge is 0.272 e. The molecule has 0 unspecified atom stereocenters. The van der Waals surface area contributed by atoms with Crippen LogP contribution in [0.15, 0.2) is 64.5 Å². The summed E-state index contributed by atoms with van der Waals surface area (Å²) in [5.41, 5.74) is 3.72. The number of aryl methyl sites for hydroxylation is 3. The van der Waals surface area contributed by atoms with Gasteiger partial charge in [-0.2, -0.15) is 5.10 Å². The molecule has 1 N–H and O–H groups in total. The number of carbonyl (C=O) groups is 1. The Hall–Kier alpha value is -3.72. The number of fused-ring (bicyclic) bond motifs is 1. The van der Waals surface area contributed by atoms with Gasteiger partial charge in [-0.05, 0) is 45.0 Å². The Morgan fingerprint density at radius 1 is 1.06 bits per heavy atom. The highest BCUT2D eigenvalue weighted by Crippen LogP contribution is 2.33. The van der Waals surface area contributed by atoms with E-state index in [4.69, 9.17) is 0 Å². The van der Waals surface area contributed by atoms with Crippen LogP contribution >= 0.6 is 11.8 Å². The number of carbonyl (C=O) groups excluding carboxylic acids is 1. The van der Waals surface area contributed by atoms with Crippen molar-refractivity contribution >= 4 is 34.7 Å². The van der Waals surface area contributed by atoms with Crippen LogP contribution in [0.25, 0.3) is 5.65 Å². The molecular weight excluding hydrogens is 414 g/mol. The van der Waals surface area contributed by atoms with Crippen LogP contribution in [0.3, 0.4) is 0 Å². The van der Waals surface area contributed by atoms with Crippen LogP contribution in [-0.2, 0) is 0 Å². The van der Waals surface area contributed by atoms with Gasteiger partial charge in [0.15, 0.2) is 5.65 Å². The van der Waals surface area contributed by atoms with E-state index in [1.807, 2.05) is 51.1 Å². The summed E-state index contributed by atoms with van der Waals surface area (Å²) >= 11 is 1.39. The van der Waals surface area contributed by atoms with Gasteiger partial charge in [-0.3, -0.25) is 14.9 Å². The maximum atomic E-state index is 12.9. The molecule has 2 heterocycles. The second kappa shape index (κ2) is 8.19. The van der Waals surface area contributed by atoms with E-state index >= 15 is 0 Å². The molecule has 0 aliphatic rings. The molecule has 156 valence electrons. The second-order valence-electron chi connectivity index (χ2n) is 7.17. The lowest BCUT2D eigenvalue weighted by molar-refractivity contribution is -0.385. The van der Waals surface area contributed by atoms with Gasteiger partial charge >= 0.3 is 0 Å². The number of benzene rings is 2. The molecule has 0 saturated carbocycles. The molecule has 31 heavy (non-hydrogen) atoms. The number of nitrogens with zero attached hydrogens (tertiary/aromatic N) is 4. The monoisotopic (exact) mass is 433 g/mol. The van der Waals surface area contributed by atoms with Crippen molar-refractivity contribution in [1.82, 2.24) is 14.6 Å². The maximum Gasteiger partial charge on any atom is 0.272 e. The molecule has 0 spiro atoms. The Bertz CT molecular complexity index is 1310. The van der Waals surface area contributed by atoms with Gasteiger partial charge in [-0.25, -0.2) is 9.50 Å². The molecule has 0 aliphatic heterocycles. The number of hydrogen-bond donors (Lipinski definition) is 1. The number of hydrogen-bond acceptors (Lipinski definition) is 6. The zero-order chi connectivity index (χ0) is 22.1. The van der Waals surface area contributed by atoms with E-state index in [9.17, 15) is 14.9 Å². The molecule has 0 bridgehead atoms. The predicted molar refractivity (Wildman–Crippen MR) is 119 cm³/mol. The number of amides is 1. The summed E-state index contributed by atoms with van der Waals surface area (Å²) in [6, 6.07) is 14.3. The van der Waals surface area contributed by atoms with Crippen molar-refractivity contribution in [2.24, 2.45) is 0 Å². The zero-order valence-corrected chi connectivity index (χ0v) is 17.9. The van der Waals surface area contributed by atoms with E-state index in [1.54, 1.807) is 10.6 Å². The number of aromatic nitrogens is 3. The Balaban J connectivity index is 1.66. The van der Waals surface area contributed by atoms with Gasteiger partial charge in [0.2, 0.25) is 0 Å². The Morgan fingerprint density at radius 2 is 1.81 bits per heavy atom. The summed E-state index contributed by atoms with van der Waals surface area (Å²) in [6.07, 6.45) is 1.45. The van der Waals surface area contributed by atoms with Gasteiger partial charge in [0.05, 0.1) is 11.1 Å². The molecule has 0 radical (unpaired) electrons. The van der Waals surface area contributed by atoms with Crippen LogP contribution in [-0.4, -0.2) is 25.4 Å². The topological polar surface area (TPSA) is 102 Å². The molecule has 0 saturated heterocycles. The van der Waals surface area contributed by atoms with Crippen molar-refractivity contribution in [3.05, 3.63) is 87.4 Å². The third-order valence-corrected chi connectivity index (χ3v) is 5.62. The molecule has 0 aliphatic carbocycles. The van der Waals surface area contributed by atoms with Crippen molar-refractivity contribution in [3.63, 3.8) is 0 Å². The molecule has 0 atom stereocenters. The van der Waals surface area contributed by atoms with Gasteiger partial charge < -0.3 is 5.32 Å². The van der Waals surface area contributed by atoms with E-state index in [1.165, 1.54) is 30.1 Å². The Morgan fingerprint density at radius 3 is 2.52 bits per heavy atom. The highest BCUT2D eigenvalue weighted by Gasteiger charge is 2.18. The minimum Gasteiger partial charge on any atom is -0.322 e. The van der Waals surface area contributed by atoms with Crippen molar-refractivity contribution < 1.29 is 9.72 Å². The third-order valence-electron chi connectivity index (χ3n) is 4.64. The lowest BCUT2D eigenvalue weighted by atomic mass is 10.2. The normalized spacial score (nSPS) is 10.9. The average Bonchev–Trinajstić information content (AvgIpc) is 3.14. The van der Waals surface area contributed by atoms with Gasteiger partial charge in [0.1, 0.15) is 5.56 Å². The number of nitro benzene ring substituents is 1. The van der Waals surface area contributed by atoms with E-state index in [0.29, 0.717) is 21.8 Å². The van der Waals surface area contributed by atoms with Crippen LogP contribution in [0.4, 0.5) is 11.4 Å². The lowest BCUT2D eigenvalue weighted by Gasteiger charge is -2.08. The summed E-state index contributed by atoms with van der Waals surface area (Å²) in [5, 5.41) is 18.4. The van der Waals surface area contributed by atoms with E-state index in [0.717, 1.165) is 21.8 Å². The fourth-order valence-corrected chi connectivity index (χ4v) is 4.10. The van der Waals surface area contributed by atoms with Crippen molar-refractivity contribution in [1.29, 1.82) is 0 Å². The average molecular weight is 433 g/mol. The lowest BCUT2D eigenvalue weighted by Crippen LogP contribution is -2.12. The van der Waals surface area contributed by atoms with Crippen molar-refractivity contribution in [2.45, 2.75) is 30.6 Å². The highest BCUT2D eigenvalue weighted by atomic mass is 32.2.